The second kappa shape index (κ2) is 5.92. The Morgan fingerprint density at radius 1 is 1.30 bits per heavy atom. The van der Waals surface area contributed by atoms with Crippen molar-refractivity contribution in [2.75, 3.05) is 0 Å². The van der Waals surface area contributed by atoms with E-state index in [1.54, 1.807) is 12.1 Å². The number of esters is 1. The van der Waals surface area contributed by atoms with E-state index in [9.17, 15) is 9.90 Å². The predicted octanol–water partition coefficient (Wildman–Crippen LogP) is 2.66. The summed E-state index contributed by atoms with van der Waals surface area (Å²) in [7, 11) is 0. The number of aryl methyl sites for hydroxylation is 1. The van der Waals surface area contributed by atoms with E-state index in [4.69, 9.17) is 4.74 Å². The second-order valence-electron chi connectivity index (χ2n) is 5.08. The van der Waals surface area contributed by atoms with Gasteiger partial charge < -0.3 is 9.84 Å². The SMILES string of the molecule is C=CC(=O)OCc1cc(C)cc(-n2nc3ccccc3n2)c1O. The van der Waals surface area contributed by atoms with E-state index in [0.717, 1.165) is 22.7 Å². The highest BCUT2D eigenvalue weighted by atomic mass is 16.5. The molecule has 3 aromatic rings. The summed E-state index contributed by atoms with van der Waals surface area (Å²) in [6.45, 7) is 5.17. The monoisotopic (exact) mass is 309 g/mol. The smallest absolute Gasteiger partial charge is 0.330 e. The molecule has 0 aliphatic rings. The Morgan fingerprint density at radius 2 is 1.96 bits per heavy atom. The first-order valence-corrected chi connectivity index (χ1v) is 7.02. The van der Waals surface area contributed by atoms with Crippen molar-refractivity contribution in [3.05, 3.63) is 60.2 Å². The van der Waals surface area contributed by atoms with Crippen LogP contribution >= 0.6 is 0 Å². The molecule has 0 spiro atoms. The molecule has 0 unspecified atom stereocenters. The Labute approximate surface area is 132 Å². The number of phenols is 1. The molecule has 1 N–H and O–H groups in total. The van der Waals surface area contributed by atoms with Crippen LogP contribution in [0.2, 0.25) is 0 Å². The number of fused-ring (bicyclic) bond motifs is 1. The first-order valence-electron chi connectivity index (χ1n) is 7.02. The van der Waals surface area contributed by atoms with Crippen molar-refractivity contribution in [3.63, 3.8) is 0 Å². The first kappa shape index (κ1) is 14.8. The summed E-state index contributed by atoms with van der Waals surface area (Å²) < 4.78 is 5.00. The minimum absolute atomic E-state index is 0.0206. The lowest BCUT2D eigenvalue weighted by Gasteiger charge is -2.10. The molecular weight excluding hydrogens is 294 g/mol. The highest BCUT2D eigenvalue weighted by Gasteiger charge is 2.14. The molecule has 0 amide bonds. The number of ether oxygens (including phenoxy) is 1. The molecule has 0 saturated heterocycles. The van der Waals surface area contributed by atoms with Gasteiger partial charge in [-0.3, -0.25) is 0 Å². The molecule has 0 saturated carbocycles. The summed E-state index contributed by atoms with van der Waals surface area (Å²) in [5.74, 6) is -0.567. The van der Waals surface area contributed by atoms with Gasteiger partial charge in [-0.15, -0.1) is 15.0 Å². The minimum atomic E-state index is -0.546. The Morgan fingerprint density at radius 3 is 2.57 bits per heavy atom. The van der Waals surface area contributed by atoms with Crippen LogP contribution in [0.1, 0.15) is 11.1 Å². The van der Waals surface area contributed by atoms with Gasteiger partial charge in [-0.1, -0.05) is 18.7 Å². The van der Waals surface area contributed by atoms with Crippen molar-refractivity contribution < 1.29 is 14.6 Å². The van der Waals surface area contributed by atoms with Crippen molar-refractivity contribution >= 4 is 17.0 Å². The van der Waals surface area contributed by atoms with Gasteiger partial charge in [0.05, 0.1) is 0 Å². The molecule has 0 atom stereocenters. The van der Waals surface area contributed by atoms with Crippen LogP contribution in [0.3, 0.4) is 0 Å². The molecule has 1 heterocycles. The van der Waals surface area contributed by atoms with Gasteiger partial charge in [-0.05, 0) is 36.8 Å². The zero-order valence-electron chi connectivity index (χ0n) is 12.6. The lowest BCUT2D eigenvalue weighted by molar-refractivity contribution is -0.139. The number of benzene rings is 2. The molecule has 0 aliphatic carbocycles. The average Bonchev–Trinajstić information content (AvgIpc) is 2.98. The van der Waals surface area contributed by atoms with Crippen molar-refractivity contribution in [1.29, 1.82) is 0 Å². The lowest BCUT2D eigenvalue weighted by Crippen LogP contribution is -2.04. The Bertz CT molecular complexity index is 866. The molecule has 2 aromatic carbocycles. The summed E-state index contributed by atoms with van der Waals surface area (Å²) in [6.07, 6.45) is 1.08. The van der Waals surface area contributed by atoms with Gasteiger partial charge in [0.1, 0.15) is 29.1 Å². The third kappa shape index (κ3) is 2.91. The van der Waals surface area contributed by atoms with E-state index in [1.165, 1.54) is 4.80 Å². The Hall–Kier alpha value is -3.15. The van der Waals surface area contributed by atoms with Gasteiger partial charge in [0.2, 0.25) is 0 Å². The van der Waals surface area contributed by atoms with Gasteiger partial charge >= 0.3 is 5.97 Å². The van der Waals surface area contributed by atoms with E-state index >= 15 is 0 Å². The maximum absolute atomic E-state index is 11.2. The van der Waals surface area contributed by atoms with E-state index < -0.39 is 5.97 Å². The molecule has 6 nitrogen and oxygen atoms in total. The molecule has 0 fully saturated rings. The molecular formula is C17H15N3O3. The molecule has 1 aromatic heterocycles. The predicted molar refractivity (Wildman–Crippen MR) is 85.3 cm³/mol. The summed E-state index contributed by atoms with van der Waals surface area (Å²) in [6, 6.07) is 11.0. The highest BCUT2D eigenvalue weighted by molar-refractivity contribution is 5.81. The molecule has 6 heteroatoms. The highest BCUT2D eigenvalue weighted by Crippen LogP contribution is 2.28. The number of aromatic hydroxyl groups is 1. The number of rotatable bonds is 4. The number of phenolic OH excluding ortho intramolecular Hbond substituents is 1. The van der Waals surface area contributed by atoms with Crippen molar-refractivity contribution in [1.82, 2.24) is 15.0 Å². The maximum Gasteiger partial charge on any atom is 0.330 e. The molecule has 0 bridgehead atoms. The third-order valence-corrected chi connectivity index (χ3v) is 3.35. The molecule has 0 aliphatic heterocycles. The standard InChI is InChI=1S/C17H15N3O3/c1-3-16(21)23-10-12-8-11(2)9-15(17(12)22)20-18-13-6-4-5-7-14(13)19-20/h3-9,22H,1,10H2,2H3. The zero-order valence-corrected chi connectivity index (χ0v) is 12.6. The van der Waals surface area contributed by atoms with E-state index in [1.807, 2.05) is 31.2 Å². The van der Waals surface area contributed by atoms with Crippen LogP contribution in [-0.2, 0) is 16.1 Å². The zero-order chi connectivity index (χ0) is 16.4. The van der Waals surface area contributed by atoms with Crippen molar-refractivity contribution in [3.8, 4) is 11.4 Å². The molecule has 3 rings (SSSR count). The van der Waals surface area contributed by atoms with Gasteiger partial charge in [-0.25, -0.2) is 4.79 Å². The number of carbonyl (C=O) groups excluding carboxylic acids is 1. The van der Waals surface area contributed by atoms with Crippen LogP contribution in [0.25, 0.3) is 16.7 Å². The summed E-state index contributed by atoms with van der Waals surface area (Å²) in [5.41, 5.74) is 3.27. The Kier molecular flexibility index (Phi) is 3.80. The normalized spacial score (nSPS) is 10.7. The molecule has 0 radical (unpaired) electrons. The Balaban J connectivity index is 2.03. The van der Waals surface area contributed by atoms with Crippen molar-refractivity contribution in [2.45, 2.75) is 13.5 Å². The van der Waals surface area contributed by atoms with Gasteiger partial charge in [0, 0.05) is 11.6 Å². The van der Waals surface area contributed by atoms with Gasteiger partial charge in [0.15, 0.2) is 0 Å². The second-order valence-corrected chi connectivity index (χ2v) is 5.08. The van der Waals surface area contributed by atoms with Crippen LogP contribution in [-0.4, -0.2) is 26.1 Å². The van der Waals surface area contributed by atoms with Gasteiger partial charge in [0.25, 0.3) is 0 Å². The largest absolute Gasteiger partial charge is 0.505 e. The van der Waals surface area contributed by atoms with Crippen molar-refractivity contribution in [2.24, 2.45) is 0 Å². The number of carbonyl (C=O) groups is 1. The maximum atomic E-state index is 11.2. The van der Waals surface area contributed by atoms with E-state index in [0.29, 0.717) is 11.3 Å². The van der Waals surface area contributed by atoms with Crippen LogP contribution in [0, 0.1) is 6.92 Å². The molecule has 116 valence electrons. The number of hydrogen-bond acceptors (Lipinski definition) is 5. The fraction of sp³-hybridized carbons (Fsp3) is 0.118. The van der Waals surface area contributed by atoms with E-state index in [-0.39, 0.29) is 12.4 Å². The summed E-state index contributed by atoms with van der Waals surface area (Å²) >= 11 is 0. The summed E-state index contributed by atoms with van der Waals surface area (Å²) in [5, 5.41) is 19.2. The van der Waals surface area contributed by atoms with Crippen LogP contribution in [0.15, 0.2) is 49.1 Å². The first-order chi connectivity index (χ1) is 11.1. The number of nitrogens with zero attached hydrogens (tertiary/aromatic N) is 3. The summed E-state index contributed by atoms with van der Waals surface area (Å²) in [4.78, 5) is 12.6. The fourth-order valence-electron chi connectivity index (χ4n) is 2.27. The topological polar surface area (TPSA) is 77.2 Å². The third-order valence-electron chi connectivity index (χ3n) is 3.35. The number of aromatic nitrogens is 3. The van der Waals surface area contributed by atoms with Gasteiger partial charge in [-0.2, -0.15) is 0 Å². The quantitative estimate of drug-likeness (QED) is 0.592. The lowest BCUT2D eigenvalue weighted by atomic mass is 10.1. The fourth-order valence-corrected chi connectivity index (χ4v) is 2.27. The van der Waals surface area contributed by atoms with Crippen LogP contribution in [0.4, 0.5) is 0 Å². The molecule has 23 heavy (non-hydrogen) atoms. The van der Waals surface area contributed by atoms with Crippen LogP contribution < -0.4 is 0 Å². The van der Waals surface area contributed by atoms with E-state index in [2.05, 4.69) is 16.8 Å². The van der Waals surface area contributed by atoms with Crippen LogP contribution in [0.5, 0.6) is 5.75 Å². The number of hydrogen-bond donors (Lipinski definition) is 1. The minimum Gasteiger partial charge on any atom is -0.505 e. The average molecular weight is 309 g/mol.